The van der Waals surface area contributed by atoms with Crippen LogP contribution in [-0.4, -0.2) is 23.2 Å². The second kappa shape index (κ2) is 6.58. The van der Waals surface area contributed by atoms with Crippen LogP contribution in [0.4, 0.5) is 5.69 Å². The monoisotopic (exact) mass is 306 g/mol. The van der Waals surface area contributed by atoms with Crippen molar-refractivity contribution in [3.63, 3.8) is 0 Å². The third-order valence-corrected chi connectivity index (χ3v) is 4.36. The number of rotatable bonds is 6. The van der Waals surface area contributed by atoms with Crippen LogP contribution in [0.2, 0.25) is 0 Å². The summed E-state index contributed by atoms with van der Waals surface area (Å²) in [6.45, 7) is 2.06. The predicted octanol–water partition coefficient (Wildman–Crippen LogP) is 2.90. The van der Waals surface area contributed by atoms with Crippen molar-refractivity contribution < 1.29 is 14.6 Å². The minimum absolute atomic E-state index is 0.104. The van der Waals surface area contributed by atoms with Gasteiger partial charge in [-0.3, -0.25) is 4.79 Å². The lowest BCUT2D eigenvalue weighted by atomic mass is 10.0. The number of benzene rings is 1. The molecule has 3 N–H and O–H groups in total. The maximum absolute atomic E-state index is 10.6. The smallest absolute Gasteiger partial charge is 0.303 e. The molecular weight excluding hydrogens is 288 g/mol. The van der Waals surface area contributed by atoms with Gasteiger partial charge in [-0.2, -0.15) is 0 Å². The van der Waals surface area contributed by atoms with Crippen molar-refractivity contribution in [1.29, 1.82) is 0 Å². The van der Waals surface area contributed by atoms with Crippen molar-refractivity contribution in [2.24, 2.45) is 0 Å². The Morgan fingerprint density at radius 3 is 2.90 bits per heavy atom. The lowest BCUT2D eigenvalue weighted by Crippen LogP contribution is -2.00. The van der Waals surface area contributed by atoms with Crippen molar-refractivity contribution in [2.45, 2.75) is 25.7 Å². The first-order chi connectivity index (χ1) is 10.0. The van der Waals surface area contributed by atoms with Crippen LogP contribution in [0.5, 0.6) is 5.75 Å². The first kappa shape index (κ1) is 15.3. The lowest BCUT2D eigenvalue weighted by molar-refractivity contribution is -0.136. The van der Waals surface area contributed by atoms with E-state index < -0.39 is 5.97 Å². The molecule has 6 heteroatoms. The van der Waals surface area contributed by atoms with Gasteiger partial charge >= 0.3 is 5.97 Å². The fourth-order valence-electron chi connectivity index (χ4n) is 2.04. The SMILES string of the molecule is COc1ccc(C(C)c2nc(CCC(=O)O)cs2)cc1N. The van der Waals surface area contributed by atoms with Gasteiger partial charge in [0, 0.05) is 17.7 Å². The van der Waals surface area contributed by atoms with Crippen LogP contribution in [0, 0.1) is 0 Å². The van der Waals surface area contributed by atoms with Gasteiger partial charge < -0.3 is 15.6 Å². The van der Waals surface area contributed by atoms with Crippen LogP contribution in [0.3, 0.4) is 0 Å². The molecule has 0 saturated heterocycles. The molecule has 2 aromatic rings. The Morgan fingerprint density at radius 1 is 1.52 bits per heavy atom. The van der Waals surface area contributed by atoms with Crippen LogP contribution < -0.4 is 10.5 Å². The van der Waals surface area contributed by atoms with Crippen molar-refractivity contribution in [3.05, 3.63) is 39.8 Å². The molecule has 0 fully saturated rings. The summed E-state index contributed by atoms with van der Waals surface area (Å²) in [6.07, 6.45) is 0.566. The number of methoxy groups -OCH3 is 1. The molecule has 0 aliphatic heterocycles. The van der Waals surface area contributed by atoms with E-state index in [0.29, 0.717) is 17.9 Å². The molecule has 112 valence electrons. The highest BCUT2D eigenvalue weighted by Gasteiger charge is 2.14. The van der Waals surface area contributed by atoms with E-state index in [0.717, 1.165) is 16.3 Å². The maximum atomic E-state index is 10.6. The van der Waals surface area contributed by atoms with E-state index in [2.05, 4.69) is 11.9 Å². The summed E-state index contributed by atoms with van der Waals surface area (Å²) in [5.41, 5.74) is 8.42. The summed E-state index contributed by atoms with van der Waals surface area (Å²) in [5, 5.41) is 11.6. The lowest BCUT2D eigenvalue weighted by Gasteiger charge is -2.11. The molecule has 21 heavy (non-hydrogen) atoms. The summed E-state index contributed by atoms with van der Waals surface area (Å²) < 4.78 is 5.15. The fourth-order valence-corrected chi connectivity index (χ4v) is 2.97. The molecule has 1 unspecified atom stereocenters. The number of thiazole rings is 1. The zero-order valence-corrected chi connectivity index (χ0v) is 12.8. The van der Waals surface area contributed by atoms with Gasteiger partial charge in [-0.1, -0.05) is 13.0 Å². The van der Waals surface area contributed by atoms with E-state index in [-0.39, 0.29) is 12.3 Å². The Labute approximate surface area is 127 Å². The second-order valence-electron chi connectivity index (χ2n) is 4.79. The number of anilines is 1. The summed E-state index contributed by atoms with van der Waals surface area (Å²) in [5.74, 6) is -0.0328. The molecular formula is C15H18N2O3S. The van der Waals surface area contributed by atoms with Gasteiger partial charge in [0.1, 0.15) is 10.8 Å². The Balaban J connectivity index is 2.14. The summed E-state index contributed by atoms with van der Waals surface area (Å²) >= 11 is 1.54. The van der Waals surface area contributed by atoms with E-state index in [1.165, 1.54) is 0 Å². The second-order valence-corrected chi connectivity index (χ2v) is 5.68. The molecule has 0 radical (unpaired) electrons. The van der Waals surface area contributed by atoms with Crippen molar-refractivity contribution >= 4 is 23.0 Å². The van der Waals surface area contributed by atoms with Gasteiger partial charge in [0.25, 0.3) is 0 Å². The fraction of sp³-hybridized carbons (Fsp3) is 0.333. The summed E-state index contributed by atoms with van der Waals surface area (Å²) in [7, 11) is 1.59. The minimum atomic E-state index is -0.805. The number of nitrogen functional groups attached to an aromatic ring is 1. The Kier molecular flexibility index (Phi) is 4.80. The number of carbonyl (C=O) groups is 1. The van der Waals surface area contributed by atoms with Gasteiger partial charge in [0.15, 0.2) is 0 Å². The van der Waals surface area contributed by atoms with E-state index in [9.17, 15) is 4.79 Å². The highest BCUT2D eigenvalue weighted by molar-refractivity contribution is 7.09. The number of nitrogens with zero attached hydrogens (tertiary/aromatic N) is 1. The van der Waals surface area contributed by atoms with Crippen molar-refractivity contribution in [3.8, 4) is 5.75 Å². The van der Waals surface area contributed by atoms with Crippen molar-refractivity contribution in [1.82, 2.24) is 4.98 Å². The van der Waals surface area contributed by atoms with Crippen molar-refractivity contribution in [2.75, 3.05) is 12.8 Å². The van der Waals surface area contributed by atoms with E-state index in [4.69, 9.17) is 15.6 Å². The minimum Gasteiger partial charge on any atom is -0.495 e. The number of hydrogen-bond donors (Lipinski definition) is 2. The number of aromatic nitrogens is 1. The topological polar surface area (TPSA) is 85.4 Å². The molecule has 1 aromatic heterocycles. The third-order valence-electron chi connectivity index (χ3n) is 3.29. The largest absolute Gasteiger partial charge is 0.495 e. The number of hydrogen-bond acceptors (Lipinski definition) is 5. The molecule has 2 rings (SSSR count). The van der Waals surface area contributed by atoms with Gasteiger partial charge in [-0.05, 0) is 17.7 Å². The number of aryl methyl sites for hydroxylation is 1. The van der Waals surface area contributed by atoms with Crippen LogP contribution in [-0.2, 0) is 11.2 Å². The number of aliphatic carboxylic acids is 1. The van der Waals surface area contributed by atoms with E-state index in [1.807, 2.05) is 23.6 Å². The van der Waals surface area contributed by atoms with Crippen LogP contribution in [0.25, 0.3) is 0 Å². The molecule has 1 atom stereocenters. The van der Waals surface area contributed by atoms with E-state index in [1.54, 1.807) is 18.4 Å². The van der Waals surface area contributed by atoms with Crippen LogP contribution in [0.1, 0.15) is 35.5 Å². The maximum Gasteiger partial charge on any atom is 0.303 e. The van der Waals surface area contributed by atoms with Gasteiger partial charge in [0.2, 0.25) is 0 Å². The molecule has 1 heterocycles. The Morgan fingerprint density at radius 2 is 2.29 bits per heavy atom. The average Bonchev–Trinajstić information content (AvgIpc) is 2.93. The zero-order valence-electron chi connectivity index (χ0n) is 12.0. The predicted molar refractivity (Wildman–Crippen MR) is 83.0 cm³/mol. The first-order valence-corrected chi connectivity index (χ1v) is 7.48. The first-order valence-electron chi connectivity index (χ1n) is 6.60. The number of nitrogens with two attached hydrogens (primary N) is 1. The molecule has 1 aromatic carbocycles. The summed E-state index contributed by atoms with van der Waals surface area (Å²) in [6, 6.07) is 5.71. The molecule has 0 spiro atoms. The highest BCUT2D eigenvalue weighted by atomic mass is 32.1. The molecule has 0 aliphatic carbocycles. The van der Waals surface area contributed by atoms with E-state index >= 15 is 0 Å². The number of ether oxygens (including phenoxy) is 1. The number of carboxylic acid groups (broad SMARTS) is 1. The van der Waals surface area contributed by atoms with Crippen LogP contribution in [0.15, 0.2) is 23.6 Å². The standard InChI is InChI=1S/C15H18N2O3S/c1-9(10-3-5-13(20-2)12(16)7-10)15-17-11(8-21-15)4-6-14(18)19/h3,5,7-9H,4,6,16H2,1-2H3,(H,18,19). The highest BCUT2D eigenvalue weighted by Crippen LogP contribution is 2.31. The molecule has 0 saturated carbocycles. The van der Waals surface area contributed by atoms with Gasteiger partial charge in [-0.25, -0.2) is 4.98 Å². The Bertz CT molecular complexity index is 640. The normalized spacial score (nSPS) is 12.1. The van der Waals surface area contributed by atoms with Crippen LogP contribution >= 0.6 is 11.3 Å². The zero-order chi connectivity index (χ0) is 15.4. The molecule has 0 aliphatic rings. The quantitative estimate of drug-likeness (QED) is 0.801. The molecule has 0 amide bonds. The summed E-state index contributed by atoms with van der Waals surface area (Å²) in [4.78, 5) is 15.1. The molecule has 5 nitrogen and oxygen atoms in total. The van der Waals surface area contributed by atoms with Gasteiger partial charge in [0.05, 0.1) is 24.9 Å². The Hall–Kier alpha value is -2.08. The average molecular weight is 306 g/mol. The molecule has 0 bridgehead atoms. The van der Waals surface area contributed by atoms with Gasteiger partial charge in [-0.15, -0.1) is 11.3 Å². The third kappa shape index (κ3) is 3.72. The number of carboxylic acids is 1.